The molecule has 0 aliphatic carbocycles. The third-order valence-electron chi connectivity index (χ3n) is 2.01. The van der Waals surface area contributed by atoms with Gasteiger partial charge >= 0.3 is 5.97 Å². The maximum atomic E-state index is 10.8. The van der Waals surface area contributed by atoms with E-state index in [0.717, 1.165) is 5.06 Å². The number of carboxylic acids is 1. The molecular weight excluding hydrogens is 296 g/mol. The van der Waals surface area contributed by atoms with Gasteiger partial charge in [-0.15, -0.1) is 12.4 Å². The average molecular weight is 317 g/mol. The average Bonchev–Trinajstić information content (AvgIpc) is 3.28. The largest absolute Gasteiger partial charge is 0.479 e. The van der Waals surface area contributed by atoms with Crippen molar-refractivity contribution in [3.05, 3.63) is 0 Å². The Labute approximate surface area is 123 Å². The van der Waals surface area contributed by atoms with Gasteiger partial charge in [-0.2, -0.15) is 0 Å². The van der Waals surface area contributed by atoms with Crippen molar-refractivity contribution in [2.45, 2.75) is 12.2 Å². The Morgan fingerprint density at radius 2 is 1.65 bits per heavy atom. The lowest BCUT2D eigenvalue weighted by atomic mass is 10.4. The van der Waals surface area contributed by atoms with Crippen molar-refractivity contribution < 1.29 is 33.8 Å². The third-order valence-corrected chi connectivity index (χ3v) is 2.01. The van der Waals surface area contributed by atoms with Gasteiger partial charge in [0.15, 0.2) is 12.2 Å². The Morgan fingerprint density at radius 3 is 1.80 bits per heavy atom. The molecule has 2 aliphatic heterocycles. The van der Waals surface area contributed by atoms with E-state index in [1.54, 1.807) is 21.2 Å². The summed E-state index contributed by atoms with van der Waals surface area (Å²) in [5, 5.41) is 9.09. The first kappa shape index (κ1) is 21.3. The van der Waals surface area contributed by atoms with E-state index in [-0.39, 0.29) is 24.4 Å². The molecule has 0 aromatic carbocycles. The number of nitrogens with one attached hydrogen (secondary N) is 1. The van der Waals surface area contributed by atoms with Crippen LogP contribution in [0.1, 0.15) is 0 Å². The molecule has 120 valence electrons. The normalized spacial score (nSPS) is 21.0. The molecule has 20 heavy (non-hydrogen) atoms. The predicted octanol–water partition coefficient (Wildman–Crippen LogP) is -0.936. The minimum atomic E-state index is -0.852. The number of amides is 1. The molecule has 0 unspecified atom stereocenters. The highest BCUT2D eigenvalue weighted by Crippen LogP contribution is 2.11. The van der Waals surface area contributed by atoms with Gasteiger partial charge in [-0.3, -0.25) is 9.63 Å². The highest BCUT2D eigenvalue weighted by Gasteiger charge is 2.33. The summed E-state index contributed by atoms with van der Waals surface area (Å²) >= 11 is 0. The number of ether oxygens (including phenoxy) is 2. The van der Waals surface area contributed by atoms with Crippen LogP contribution in [0.5, 0.6) is 0 Å². The molecule has 10 heteroatoms. The van der Waals surface area contributed by atoms with Crippen LogP contribution in [0.25, 0.3) is 0 Å². The predicted molar refractivity (Wildman–Crippen MR) is 70.2 cm³/mol. The topological polar surface area (TPSA) is 113 Å². The second-order valence-corrected chi connectivity index (χ2v) is 3.41. The third kappa shape index (κ3) is 10.9. The van der Waals surface area contributed by atoms with Crippen molar-refractivity contribution in [2.24, 2.45) is 0 Å². The number of nitrogens with zero attached hydrogens (tertiary/aromatic N) is 1. The van der Waals surface area contributed by atoms with Crippen molar-refractivity contribution in [3.63, 3.8) is 0 Å². The molecule has 2 N–H and O–H groups in total. The van der Waals surface area contributed by atoms with E-state index >= 15 is 0 Å². The van der Waals surface area contributed by atoms with Gasteiger partial charge in [-0.25, -0.2) is 15.3 Å². The van der Waals surface area contributed by atoms with Crippen LogP contribution in [-0.2, 0) is 28.7 Å². The lowest BCUT2D eigenvalue weighted by molar-refractivity contribution is -0.169. The zero-order chi connectivity index (χ0) is 14.8. The maximum Gasteiger partial charge on any atom is 0.335 e. The Morgan fingerprint density at radius 1 is 1.25 bits per heavy atom. The first-order valence-corrected chi connectivity index (χ1v) is 5.45. The SMILES string of the molecule is CNOC.CON(C)C(=O)[C@@H]1CO1.Cl.O=C(O)[C@@H]1CO1. The second-order valence-electron chi connectivity index (χ2n) is 3.41. The lowest BCUT2D eigenvalue weighted by Crippen LogP contribution is -2.29. The van der Waals surface area contributed by atoms with Gasteiger partial charge in [-0.1, -0.05) is 0 Å². The number of halogens is 1. The van der Waals surface area contributed by atoms with E-state index in [2.05, 4.69) is 19.9 Å². The number of carbonyl (C=O) groups excluding carboxylic acids is 1. The molecule has 0 aromatic rings. The second kappa shape index (κ2) is 11.8. The quantitative estimate of drug-likeness (QED) is 0.505. The number of hydrogen-bond acceptors (Lipinski definition) is 7. The van der Waals surface area contributed by atoms with Crippen molar-refractivity contribution in [2.75, 3.05) is 41.5 Å². The molecule has 2 atom stereocenters. The summed E-state index contributed by atoms with van der Waals surface area (Å²) in [6.07, 6.45) is -0.722. The molecule has 0 aromatic heterocycles. The first-order valence-electron chi connectivity index (χ1n) is 5.45. The van der Waals surface area contributed by atoms with Gasteiger partial charge in [-0.05, 0) is 0 Å². The van der Waals surface area contributed by atoms with E-state index in [4.69, 9.17) is 9.84 Å². The zero-order valence-corrected chi connectivity index (χ0v) is 12.6. The lowest BCUT2D eigenvalue weighted by Gasteiger charge is -2.10. The minimum Gasteiger partial charge on any atom is -0.479 e. The molecule has 2 aliphatic rings. The van der Waals surface area contributed by atoms with Crippen molar-refractivity contribution >= 4 is 24.3 Å². The zero-order valence-electron chi connectivity index (χ0n) is 11.8. The van der Waals surface area contributed by atoms with Gasteiger partial charge < -0.3 is 19.4 Å². The summed E-state index contributed by atoms with van der Waals surface area (Å²) in [4.78, 5) is 29.4. The summed E-state index contributed by atoms with van der Waals surface area (Å²) in [6, 6.07) is 0. The van der Waals surface area contributed by atoms with E-state index < -0.39 is 12.1 Å². The van der Waals surface area contributed by atoms with Gasteiger partial charge in [0.05, 0.1) is 27.4 Å². The molecule has 0 radical (unpaired) electrons. The van der Waals surface area contributed by atoms with Gasteiger partial charge in [0.25, 0.3) is 5.91 Å². The smallest absolute Gasteiger partial charge is 0.335 e. The number of hydrogen-bond donors (Lipinski definition) is 2. The fourth-order valence-electron chi connectivity index (χ4n) is 0.674. The van der Waals surface area contributed by atoms with E-state index in [9.17, 15) is 9.59 Å². The summed E-state index contributed by atoms with van der Waals surface area (Å²) in [5.41, 5.74) is 2.43. The van der Waals surface area contributed by atoms with E-state index in [0.29, 0.717) is 13.2 Å². The Hall–Kier alpha value is -0.970. The molecular formula is C10H21ClN2O7. The van der Waals surface area contributed by atoms with Crippen LogP contribution in [0, 0.1) is 0 Å². The summed E-state index contributed by atoms with van der Waals surface area (Å²) in [7, 11) is 6.28. The van der Waals surface area contributed by atoms with Crippen molar-refractivity contribution in [1.82, 2.24) is 10.5 Å². The molecule has 2 saturated heterocycles. The summed E-state index contributed by atoms with van der Waals surface area (Å²) in [5.74, 6) is -0.965. The minimum absolute atomic E-state index is 0. The number of rotatable bonds is 4. The standard InChI is InChI=1S/C5H9NO3.C3H4O3.C2H7NO.ClH/c1-6(8-2)5(7)4-3-9-4;4-3(5)2-1-6-2;1-3-4-2;/h4H,3H2,1-2H3;2H,1H2,(H,4,5);3H,1-2H3;1H/t4-;2-;;/m00../s1. The fraction of sp³-hybridized carbons (Fsp3) is 0.800. The molecule has 0 spiro atoms. The Kier molecular flexibility index (Phi) is 12.6. The molecule has 2 fully saturated rings. The van der Waals surface area contributed by atoms with Crippen molar-refractivity contribution in [1.29, 1.82) is 0 Å². The van der Waals surface area contributed by atoms with Crippen LogP contribution in [0.2, 0.25) is 0 Å². The van der Waals surface area contributed by atoms with Crippen LogP contribution in [0.15, 0.2) is 0 Å². The number of epoxide rings is 2. The van der Waals surface area contributed by atoms with Crippen LogP contribution in [-0.4, -0.2) is 75.8 Å². The van der Waals surface area contributed by atoms with Gasteiger partial charge in [0.1, 0.15) is 0 Å². The van der Waals surface area contributed by atoms with Gasteiger partial charge in [0, 0.05) is 14.1 Å². The number of likely N-dealkylation sites (N-methyl/N-ethyl adjacent to an activating group) is 1. The molecule has 0 saturated carbocycles. The fourth-order valence-corrected chi connectivity index (χ4v) is 0.674. The Balaban J connectivity index is 0. The summed E-state index contributed by atoms with van der Waals surface area (Å²) in [6.45, 7) is 0.932. The number of carbonyl (C=O) groups is 2. The monoisotopic (exact) mass is 316 g/mol. The number of hydroxylamine groups is 3. The van der Waals surface area contributed by atoms with E-state index in [1.807, 2.05) is 0 Å². The molecule has 1 amide bonds. The van der Waals surface area contributed by atoms with Crippen molar-refractivity contribution in [3.8, 4) is 0 Å². The number of aliphatic carboxylic acids is 1. The molecule has 2 heterocycles. The van der Waals surface area contributed by atoms with Crippen LogP contribution >= 0.6 is 12.4 Å². The molecule has 2 rings (SSSR count). The maximum absolute atomic E-state index is 10.8. The Bertz CT molecular complexity index is 283. The molecule has 0 bridgehead atoms. The van der Waals surface area contributed by atoms with Crippen LogP contribution in [0.4, 0.5) is 0 Å². The first-order chi connectivity index (χ1) is 8.97. The molecule has 9 nitrogen and oxygen atoms in total. The van der Waals surface area contributed by atoms with Crippen LogP contribution < -0.4 is 5.48 Å². The highest BCUT2D eigenvalue weighted by molar-refractivity contribution is 5.85. The van der Waals surface area contributed by atoms with E-state index in [1.165, 1.54) is 7.11 Å². The highest BCUT2D eigenvalue weighted by atomic mass is 35.5. The van der Waals surface area contributed by atoms with Crippen LogP contribution in [0.3, 0.4) is 0 Å². The van der Waals surface area contributed by atoms with Gasteiger partial charge in [0.2, 0.25) is 0 Å². The number of carboxylic acid groups (broad SMARTS) is 1. The summed E-state index contributed by atoms with van der Waals surface area (Å²) < 4.78 is 9.09.